The van der Waals surface area contributed by atoms with E-state index in [0.29, 0.717) is 13.0 Å². The van der Waals surface area contributed by atoms with E-state index in [9.17, 15) is 9.59 Å². The molecule has 0 aromatic rings. The molecule has 0 radical (unpaired) electrons. The van der Waals surface area contributed by atoms with Gasteiger partial charge in [0.05, 0.1) is 6.10 Å². The maximum absolute atomic E-state index is 11.1. The normalized spacial score (nSPS) is 31.3. The van der Waals surface area contributed by atoms with Crippen LogP contribution < -0.4 is 0 Å². The number of carboxylic acids is 1. The Morgan fingerprint density at radius 1 is 1.47 bits per heavy atom. The first-order valence-corrected chi connectivity index (χ1v) is 4.66. The molecule has 6 heteroatoms. The number of carboxylic acid groups (broad SMARTS) is 2. The van der Waals surface area contributed by atoms with Gasteiger partial charge in [0.1, 0.15) is 5.41 Å². The van der Waals surface area contributed by atoms with Crippen LogP contribution in [-0.2, 0) is 9.53 Å². The molecule has 1 saturated heterocycles. The van der Waals surface area contributed by atoms with Crippen LogP contribution in [0.3, 0.4) is 0 Å². The average molecular weight is 217 g/mol. The molecule has 1 fully saturated rings. The number of amides is 1. The molecule has 2 atom stereocenters. The van der Waals surface area contributed by atoms with E-state index in [1.165, 1.54) is 14.0 Å². The Balaban J connectivity index is 2.87. The van der Waals surface area contributed by atoms with Crippen LogP contribution >= 0.6 is 0 Å². The zero-order valence-corrected chi connectivity index (χ0v) is 8.77. The van der Waals surface area contributed by atoms with Gasteiger partial charge in [-0.3, -0.25) is 4.79 Å². The zero-order valence-electron chi connectivity index (χ0n) is 8.77. The van der Waals surface area contributed by atoms with E-state index >= 15 is 0 Å². The maximum atomic E-state index is 11.1. The summed E-state index contributed by atoms with van der Waals surface area (Å²) in [5, 5.41) is 17.9. The third kappa shape index (κ3) is 2.04. The fourth-order valence-electron chi connectivity index (χ4n) is 1.92. The third-order valence-electron chi connectivity index (χ3n) is 2.93. The first kappa shape index (κ1) is 11.8. The van der Waals surface area contributed by atoms with Gasteiger partial charge in [0.25, 0.3) is 0 Å². The van der Waals surface area contributed by atoms with Crippen LogP contribution in [0, 0.1) is 5.41 Å². The highest BCUT2D eigenvalue weighted by molar-refractivity contribution is 5.77. The van der Waals surface area contributed by atoms with E-state index in [2.05, 4.69) is 0 Å². The van der Waals surface area contributed by atoms with E-state index in [0.717, 1.165) is 4.90 Å². The summed E-state index contributed by atoms with van der Waals surface area (Å²) in [4.78, 5) is 23.0. The summed E-state index contributed by atoms with van der Waals surface area (Å²) in [6.45, 7) is 1.80. The Morgan fingerprint density at radius 3 is 2.47 bits per heavy atom. The van der Waals surface area contributed by atoms with Gasteiger partial charge < -0.3 is 19.8 Å². The van der Waals surface area contributed by atoms with Gasteiger partial charge in [-0.2, -0.15) is 0 Å². The van der Waals surface area contributed by atoms with Gasteiger partial charge in [0, 0.05) is 20.2 Å². The minimum Gasteiger partial charge on any atom is -0.481 e. The van der Waals surface area contributed by atoms with Crippen LogP contribution in [0.4, 0.5) is 4.79 Å². The van der Waals surface area contributed by atoms with Gasteiger partial charge in [-0.15, -0.1) is 0 Å². The number of ether oxygens (including phenoxy) is 1. The summed E-state index contributed by atoms with van der Waals surface area (Å²) in [6.07, 6.45) is -1.12. The van der Waals surface area contributed by atoms with E-state index in [1.54, 1.807) is 0 Å². The zero-order chi connectivity index (χ0) is 11.6. The molecule has 0 aromatic heterocycles. The average Bonchev–Trinajstić information content (AvgIpc) is 2.17. The number of nitrogens with zero attached hydrogens (tertiary/aromatic N) is 1. The Bertz CT molecular complexity index is 280. The predicted octanol–water partition coefficient (Wildman–Crippen LogP) is 0.476. The molecule has 0 aliphatic carbocycles. The van der Waals surface area contributed by atoms with Crippen molar-refractivity contribution in [2.24, 2.45) is 5.41 Å². The van der Waals surface area contributed by atoms with Crippen molar-refractivity contribution in [1.29, 1.82) is 0 Å². The fourth-order valence-corrected chi connectivity index (χ4v) is 1.92. The molecule has 0 saturated carbocycles. The lowest BCUT2D eigenvalue weighted by Gasteiger charge is -2.41. The minimum atomic E-state index is -1.16. The fraction of sp³-hybridized carbons (Fsp3) is 0.778. The van der Waals surface area contributed by atoms with Gasteiger partial charge in [0.2, 0.25) is 0 Å². The van der Waals surface area contributed by atoms with E-state index in [1.807, 2.05) is 0 Å². The lowest BCUT2D eigenvalue weighted by molar-refractivity contribution is -0.162. The van der Waals surface area contributed by atoms with Crippen LogP contribution in [0.5, 0.6) is 0 Å². The third-order valence-corrected chi connectivity index (χ3v) is 2.93. The first-order chi connectivity index (χ1) is 6.91. The Kier molecular flexibility index (Phi) is 3.18. The lowest BCUT2D eigenvalue weighted by atomic mass is 9.79. The summed E-state index contributed by atoms with van der Waals surface area (Å²) < 4.78 is 5.10. The van der Waals surface area contributed by atoms with Gasteiger partial charge in [-0.05, 0) is 13.3 Å². The maximum Gasteiger partial charge on any atom is 0.407 e. The number of piperidine rings is 1. The molecule has 15 heavy (non-hydrogen) atoms. The molecule has 1 amide bonds. The number of likely N-dealkylation sites (tertiary alicyclic amines) is 1. The van der Waals surface area contributed by atoms with Crippen molar-refractivity contribution in [3.63, 3.8) is 0 Å². The van der Waals surface area contributed by atoms with Crippen molar-refractivity contribution in [1.82, 2.24) is 4.90 Å². The standard InChI is InChI=1S/C9H15NO5/c1-9(7(11)12)5-10(8(13)14)4-3-6(9)15-2/h6H,3-5H2,1-2H3,(H,11,12)(H,13,14)/t6?,9-/m1/s1. The summed E-state index contributed by atoms with van der Waals surface area (Å²) in [5.41, 5.74) is -1.16. The predicted molar refractivity (Wildman–Crippen MR) is 50.8 cm³/mol. The Labute approximate surface area is 87.4 Å². The number of aliphatic carboxylic acids is 1. The van der Waals surface area contributed by atoms with Crippen LogP contribution in [0.1, 0.15) is 13.3 Å². The summed E-state index contributed by atoms with van der Waals surface area (Å²) in [6, 6.07) is 0. The van der Waals surface area contributed by atoms with Gasteiger partial charge in [-0.25, -0.2) is 4.79 Å². The van der Waals surface area contributed by atoms with E-state index in [4.69, 9.17) is 14.9 Å². The SMILES string of the molecule is COC1CCN(C(=O)O)C[C@@]1(C)C(=O)O. The second-order valence-corrected chi connectivity index (χ2v) is 3.94. The molecular weight excluding hydrogens is 202 g/mol. The topological polar surface area (TPSA) is 87.1 Å². The number of hydrogen-bond donors (Lipinski definition) is 2. The number of methoxy groups -OCH3 is 1. The molecule has 1 heterocycles. The Hall–Kier alpha value is -1.30. The highest BCUT2D eigenvalue weighted by atomic mass is 16.5. The molecular formula is C9H15NO5. The molecule has 0 spiro atoms. The van der Waals surface area contributed by atoms with E-state index in [-0.39, 0.29) is 6.54 Å². The molecule has 1 unspecified atom stereocenters. The molecule has 1 aliphatic rings. The van der Waals surface area contributed by atoms with Crippen molar-refractivity contribution >= 4 is 12.1 Å². The van der Waals surface area contributed by atoms with Crippen molar-refractivity contribution in [2.45, 2.75) is 19.4 Å². The second kappa shape index (κ2) is 4.06. The van der Waals surface area contributed by atoms with Gasteiger partial charge >= 0.3 is 12.1 Å². The molecule has 6 nitrogen and oxygen atoms in total. The van der Waals surface area contributed by atoms with Crippen LogP contribution in [0.25, 0.3) is 0 Å². The minimum absolute atomic E-state index is 0.0316. The van der Waals surface area contributed by atoms with Crippen molar-refractivity contribution in [3.8, 4) is 0 Å². The first-order valence-electron chi connectivity index (χ1n) is 4.66. The number of carbonyl (C=O) groups is 2. The van der Waals surface area contributed by atoms with Crippen molar-refractivity contribution in [3.05, 3.63) is 0 Å². The molecule has 1 aliphatic heterocycles. The highest BCUT2D eigenvalue weighted by Crippen LogP contribution is 2.32. The summed E-state index contributed by atoms with van der Waals surface area (Å²) in [5.74, 6) is -1.03. The Morgan fingerprint density at radius 2 is 2.07 bits per heavy atom. The van der Waals surface area contributed by atoms with Gasteiger partial charge in [-0.1, -0.05) is 0 Å². The van der Waals surface area contributed by atoms with Crippen LogP contribution in [-0.4, -0.2) is 53.5 Å². The summed E-state index contributed by atoms with van der Waals surface area (Å²) in [7, 11) is 1.45. The molecule has 2 N–H and O–H groups in total. The largest absolute Gasteiger partial charge is 0.481 e. The molecule has 0 aromatic carbocycles. The monoisotopic (exact) mass is 217 g/mol. The lowest BCUT2D eigenvalue weighted by Crippen LogP contribution is -2.56. The van der Waals surface area contributed by atoms with Crippen molar-refractivity contribution in [2.75, 3.05) is 20.2 Å². The number of hydrogen-bond acceptors (Lipinski definition) is 3. The second-order valence-electron chi connectivity index (χ2n) is 3.94. The van der Waals surface area contributed by atoms with E-state index < -0.39 is 23.6 Å². The van der Waals surface area contributed by atoms with Crippen LogP contribution in [0.15, 0.2) is 0 Å². The molecule has 86 valence electrons. The van der Waals surface area contributed by atoms with Crippen LogP contribution in [0.2, 0.25) is 0 Å². The number of rotatable bonds is 2. The quantitative estimate of drug-likeness (QED) is 0.702. The highest BCUT2D eigenvalue weighted by Gasteiger charge is 2.47. The molecule has 1 rings (SSSR count). The molecule has 0 bridgehead atoms. The summed E-state index contributed by atoms with van der Waals surface area (Å²) >= 11 is 0. The smallest absolute Gasteiger partial charge is 0.407 e. The van der Waals surface area contributed by atoms with Gasteiger partial charge in [0.15, 0.2) is 0 Å². The van der Waals surface area contributed by atoms with Crippen molar-refractivity contribution < 1.29 is 24.5 Å².